The maximum Gasteiger partial charge on any atom is 0.209 e. The zero-order chi connectivity index (χ0) is 20.9. The lowest BCUT2D eigenvalue weighted by Gasteiger charge is -2.19. The fourth-order valence-electron chi connectivity index (χ4n) is 3.11. The zero-order valence-corrected chi connectivity index (χ0v) is 17.8. The molecule has 0 amide bonds. The number of primary sulfonamides is 1. The van der Waals surface area contributed by atoms with Crippen molar-refractivity contribution in [2.75, 3.05) is 12.4 Å². The summed E-state index contributed by atoms with van der Waals surface area (Å²) in [7, 11) is -3.50. The summed E-state index contributed by atoms with van der Waals surface area (Å²) < 4.78 is 41.4. The monoisotopic (exact) mass is 436 g/mol. The predicted octanol–water partition coefficient (Wildman–Crippen LogP) is 2.26. The highest BCUT2D eigenvalue weighted by Gasteiger charge is 2.22. The summed E-state index contributed by atoms with van der Waals surface area (Å²) in [6.45, 7) is 2.35. The molecule has 29 heavy (non-hydrogen) atoms. The minimum atomic E-state index is -3.50. The fourth-order valence-corrected chi connectivity index (χ4v) is 3.98. The summed E-state index contributed by atoms with van der Waals surface area (Å²) in [5.74, 6) is 1.26. The lowest BCUT2D eigenvalue weighted by molar-refractivity contribution is 0.321. The molecule has 2 aromatic rings. The summed E-state index contributed by atoms with van der Waals surface area (Å²) in [6, 6.07) is 7.53. The van der Waals surface area contributed by atoms with E-state index in [1.54, 1.807) is 6.21 Å². The Hall–Kier alpha value is -2.30. The van der Waals surface area contributed by atoms with Crippen LogP contribution >= 0.6 is 0 Å². The highest BCUT2D eigenvalue weighted by Crippen LogP contribution is 2.30. The van der Waals surface area contributed by atoms with E-state index in [1.807, 2.05) is 35.0 Å². The Bertz CT molecular complexity index is 1100. The smallest absolute Gasteiger partial charge is 0.209 e. The number of fused-ring (bicyclic) bond motifs is 1. The number of amidine groups is 1. The van der Waals surface area contributed by atoms with Crippen LogP contribution in [0.1, 0.15) is 38.8 Å². The van der Waals surface area contributed by atoms with E-state index in [-0.39, 0.29) is 12.4 Å². The van der Waals surface area contributed by atoms with Crippen molar-refractivity contribution in [2.24, 2.45) is 15.1 Å². The molecule has 0 aliphatic carbocycles. The van der Waals surface area contributed by atoms with Crippen LogP contribution in [-0.2, 0) is 21.3 Å². The third-order valence-electron chi connectivity index (χ3n) is 4.53. The lowest BCUT2D eigenvalue weighted by atomic mass is 10.2. The fraction of sp³-hybridized carbons (Fsp3) is 0.421. The molecule has 156 valence electrons. The van der Waals surface area contributed by atoms with Crippen LogP contribution in [0.3, 0.4) is 0 Å². The maximum atomic E-state index is 11.6. The first kappa shape index (κ1) is 21.4. The van der Waals surface area contributed by atoms with Crippen molar-refractivity contribution >= 4 is 49.1 Å². The molecule has 2 N–H and O–H groups in total. The number of aliphatic imine (C=N–C) groups is 2. The van der Waals surface area contributed by atoms with E-state index in [9.17, 15) is 12.6 Å². The van der Waals surface area contributed by atoms with Crippen LogP contribution in [0.15, 0.2) is 40.4 Å². The molecule has 1 unspecified atom stereocenters. The summed E-state index contributed by atoms with van der Waals surface area (Å²) in [5.41, 5.74) is 0.874. The van der Waals surface area contributed by atoms with Gasteiger partial charge in [-0.3, -0.25) is 0 Å². The van der Waals surface area contributed by atoms with Crippen LogP contribution in [0.2, 0.25) is 0 Å². The van der Waals surface area contributed by atoms with Crippen molar-refractivity contribution in [2.45, 2.75) is 38.8 Å². The van der Waals surface area contributed by atoms with Crippen LogP contribution < -0.4 is 9.88 Å². The molecular formula is C19H24N4O4S2. The lowest BCUT2D eigenvalue weighted by Crippen LogP contribution is -2.23. The molecule has 0 radical (unpaired) electrons. The summed E-state index contributed by atoms with van der Waals surface area (Å²) in [5, 5.41) is 5.89. The standard InChI is InChI=1S/C19H24N4O4S2/c1-2-3-8-18-21-13-17(28-24)19(22-18)23-10-9-14-15(23)6-4-7-16(14)27-11-5-12-29(20,25)26/h4,6-7,9-10,13,19H,2-3,5,8,11-12H2,1H3,(H2,20,25,26). The van der Waals surface area contributed by atoms with Crippen molar-refractivity contribution in [3.63, 3.8) is 0 Å². The van der Waals surface area contributed by atoms with E-state index in [4.69, 9.17) is 14.9 Å². The number of hydrogen-bond donors (Lipinski definition) is 1. The second-order valence-electron chi connectivity index (χ2n) is 6.75. The topological polar surface area (TPSA) is 116 Å². The first-order valence-electron chi connectivity index (χ1n) is 9.43. The predicted molar refractivity (Wildman–Crippen MR) is 118 cm³/mol. The van der Waals surface area contributed by atoms with Gasteiger partial charge in [0.05, 0.1) is 29.1 Å². The van der Waals surface area contributed by atoms with Gasteiger partial charge in [-0.2, -0.15) is 0 Å². The second kappa shape index (κ2) is 9.47. The molecule has 3 rings (SSSR count). The molecule has 0 fully saturated rings. The number of nitrogens with two attached hydrogens (primary N) is 1. The first-order valence-corrected chi connectivity index (χ1v) is 11.9. The summed E-state index contributed by atoms with van der Waals surface area (Å²) in [4.78, 5) is 9.55. The normalized spacial score (nSPS) is 16.8. The van der Waals surface area contributed by atoms with E-state index < -0.39 is 16.2 Å². The average molecular weight is 437 g/mol. The van der Waals surface area contributed by atoms with Gasteiger partial charge in [-0.15, -0.1) is 0 Å². The molecule has 10 heteroatoms. The third kappa shape index (κ3) is 5.40. The number of ether oxygens (including phenoxy) is 1. The van der Waals surface area contributed by atoms with E-state index in [1.165, 1.54) is 0 Å². The van der Waals surface area contributed by atoms with Crippen molar-refractivity contribution in [3.05, 3.63) is 30.5 Å². The summed E-state index contributed by atoms with van der Waals surface area (Å²) >= 11 is 0.399. The maximum absolute atomic E-state index is 11.6. The Morgan fingerprint density at radius 2 is 2.10 bits per heavy atom. The third-order valence-corrected chi connectivity index (χ3v) is 5.90. The van der Waals surface area contributed by atoms with Crippen LogP contribution in [0.5, 0.6) is 5.75 Å². The molecule has 0 saturated heterocycles. The number of unbranched alkanes of at least 4 members (excludes halogenated alkanes) is 1. The first-order chi connectivity index (χ1) is 13.9. The highest BCUT2D eigenvalue weighted by molar-refractivity contribution is 7.89. The van der Waals surface area contributed by atoms with Crippen LogP contribution in [-0.4, -0.2) is 46.5 Å². The Labute approximate surface area is 173 Å². The number of aromatic nitrogens is 1. The highest BCUT2D eigenvalue weighted by atomic mass is 32.2. The Morgan fingerprint density at radius 3 is 2.83 bits per heavy atom. The molecule has 0 spiro atoms. The van der Waals surface area contributed by atoms with Crippen molar-refractivity contribution in [3.8, 4) is 5.75 Å². The van der Waals surface area contributed by atoms with Gasteiger partial charge in [-0.05, 0) is 31.0 Å². The van der Waals surface area contributed by atoms with Gasteiger partial charge in [-0.1, -0.05) is 19.4 Å². The molecular weight excluding hydrogens is 412 g/mol. The van der Waals surface area contributed by atoms with Gasteiger partial charge < -0.3 is 9.30 Å². The minimum absolute atomic E-state index is 0.125. The van der Waals surface area contributed by atoms with Gasteiger partial charge in [0, 0.05) is 24.2 Å². The second-order valence-corrected chi connectivity index (χ2v) is 9.12. The van der Waals surface area contributed by atoms with E-state index in [2.05, 4.69) is 11.9 Å². The zero-order valence-electron chi connectivity index (χ0n) is 16.2. The van der Waals surface area contributed by atoms with Gasteiger partial charge in [0.2, 0.25) is 10.0 Å². The molecule has 1 aromatic heterocycles. The molecule has 0 saturated carbocycles. The minimum Gasteiger partial charge on any atom is -0.493 e. The molecule has 1 aromatic carbocycles. The SMILES string of the molecule is CCCCC1=NC(n2ccc3c(OCCCS(N)(=O)=O)cccc32)C(=S=O)C=N1. The number of rotatable bonds is 9. The number of nitrogens with zero attached hydrogens (tertiary/aromatic N) is 3. The van der Waals surface area contributed by atoms with E-state index >= 15 is 0 Å². The number of sulfonamides is 1. The van der Waals surface area contributed by atoms with Crippen LogP contribution in [0.4, 0.5) is 0 Å². The van der Waals surface area contributed by atoms with E-state index in [0.717, 1.165) is 36.0 Å². The summed E-state index contributed by atoms with van der Waals surface area (Å²) in [6.07, 6.45) is 6.17. The van der Waals surface area contributed by atoms with Gasteiger partial charge in [0.25, 0.3) is 0 Å². The van der Waals surface area contributed by atoms with E-state index in [0.29, 0.717) is 28.3 Å². The molecule has 0 bridgehead atoms. The Kier molecular flexibility index (Phi) is 6.99. The van der Waals surface area contributed by atoms with Crippen molar-refractivity contribution in [1.82, 2.24) is 4.57 Å². The van der Waals surface area contributed by atoms with Gasteiger partial charge in [0.1, 0.15) is 16.4 Å². The van der Waals surface area contributed by atoms with Crippen LogP contribution in [0, 0.1) is 0 Å². The van der Waals surface area contributed by atoms with Crippen LogP contribution in [0.25, 0.3) is 10.9 Å². The molecule has 1 aliphatic rings. The van der Waals surface area contributed by atoms with Gasteiger partial charge in [-0.25, -0.2) is 27.8 Å². The van der Waals surface area contributed by atoms with Gasteiger partial charge >= 0.3 is 0 Å². The molecule has 8 nitrogen and oxygen atoms in total. The number of benzene rings is 1. The van der Waals surface area contributed by atoms with Crippen molar-refractivity contribution in [1.29, 1.82) is 0 Å². The van der Waals surface area contributed by atoms with Gasteiger partial charge in [0.15, 0.2) is 6.17 Å². The average Bonchev–Trinajstić information content (AvgIpc) is 3.13. The molecule has 1 atom stereocenters. The quantitative estimate of drug-likeness (QED) is 0.479. The van der Waals surface area contributed by atoms with Crippen molar-refractivity contribution < 1.29 is 17.4 Å². The molecule has 1 aliphatic heterocycles. The Balaban J connectivity index is 1.86. The largest absolute Gasteiger partial charge is 0.493 e. The Morgan fingerprint density at radius 1 is 1.28 bits per heavy atom. The molecule has 2 heterocycles. The number of hydrogen-bond acceptors (Lipinski definition) is 6.